The average molecular weight is 298 g/mol. The Morgan fingerprint density at radius 1 is 1.36 bits per heavy atom. The maximum atomic E-state index is 6.44. The second-order valence-corrected chi connectivity index (χ2v) is 7.68. The average Bonchev–Trinajstić information content (AvgIpc) is 2.46. The predicted octanol–water partition coefficient (Wildman–Crippen LogP) is 6.03. The quantitative estimate of drug-likeness (QED) is 0.476. The van der Waals surface area contributed by atoms with E-state index in [1.165, 1.54) is 48.8 Å². The summed E-state index contributed by atoms with van der Waals surface area (Å²) in [6, 6.07) is 6.98. The minimum absolute atomic E-state index is 0.0334. The third kappa shape index (κ3) is 2.95. The zero-order chi connectivity index (χ0) is 15.7. The summed E-state index contributed by atoms with van der Waals surface area (Å²) < 4.78 is 6.44. The highest BCUT2D eigenvalue weighted by atomic mass is 16.5. The molecule has 0 radical (unpaired) electrons. The van der Waals surface area contributed by atoms with Gasteiger partial charge in [0.1, 0.15) is 11.4 Å². The van der Waals surface area contributed by atoms with Crippen molar-refractivity contribution in [1.29, 1.82) is 0 Å². The molecule has 1 aliphatic carbocycles. The smallest absolute Gasteiger partial charge is 0.123 e. The van der Waals surface area contributed by atoms with Crippen molar-refractivity contribution in [1.82, 2.24) is 0 Å². The second-order valence-electron chi connectivity index (χ2n) is 7.68. The maximum Gasteiger partial charge on any atom is 0.123 e. The molecule has 22 heavy (non-hydrogen) atoms. The summed E-state index contributed by atoms with van der Waals surface area (Å²) in [5.74, 6) is 2.38. The van der Waals surface area contributed by atoms with Crippen LogP contribution >= 0.6 is 0 Å². The number of hydrogen-bond donors (Lipinski definition) is 0. The maximum absolute atomic E-state index is 6.44. The SMILES string of the molecule is C=C(C)C1CCC2(C)CC1c1ccc(CCCCC)cc1O2. The van der Waals surface area contributed by atoms with E-state index in [0.717, 1.165) is 18.6 Å². The first-order valence-electron chi connectivity index (χ1n) is 8.99. The lowest BCUT2D eigenvalue weighted by Gasteiger charge is -2.48. The van der Waals surface area contributed by atoms with Gasteiger partial charge in [-0.15, -0.1) is 0 Å². The van der Waals surface area contributed by atoms with E-state index < -0.39 is 0 Å². The van der Waals surface area contributed by atoms with E-state index in [-0.39, 0.29) is 5.60 Å². The van der Waals surface area contributed by atoms with Crippen molar-refractivity contribution in [2.45, 2.75) is 77.2 Å². The molecule has 1 nitrogen and oxygen atoms in total. The fourth-order valence-corrected chi connectivity index (χ4v) is 4.35. The number of aryl methyl sites for hydroxylation is 1. The van der Waals surface area contributed by atoms with E-state index in [9.17, 15) is 0 Å². The normalized spacial score (nSPS) is 29.6. The summed E-state index contributed by atoms with van der Waals surface area (Å²) in [5, 5.41) is 0. The summed E-state index contributed by atoms with van der Waals surface area (Å²) in [7, 11) is 0. The van der Waals surface area contributed by atoms with Gasteiger partial charge in [-0.05, 0) is 75.0 Å². The summed E-state index contributed by atoms with van der Waals surface area (Å²) in [5.41, 5.74) is 4.23. The van der Waals surface area contributed by atoms with Crippen molar-refractivity contribution < 1.29 is 4.74 Å². The zero-order valence-electron chi connectivity index (χ0n) is 14.5. The van der Waals surface area contributed by atoms with Crippen LogP contribution in [0, 0.1) is 5.92 Å². The molecule has 0 saturated heterocycles. The van der Waals surface area contributed by atoms with Gasteiger partial charge in [0.2, 0.25) is 0 Å². The van der Waals surface area contributed by atoms with Crippen LogP contribution in [0.4, 0.5) is 0 Å². The van der Waals surface area contributed by atoms with Crippen LogP contribution in [0.15, 0.2) is 30.4 Å². The van der Waals surface area contributed by atoms with Crippen LogP contribution in [0.25, 0.3) is 0 Å². The first-order chi connectivity index (χ1) is 10.5. The van der Waals surface area contributed by atoms with Crippen molar-refractivity contribution in [2.75, 3.05) is 0 Å². The number of unbranched alkanes of at least 4 members (excludes halogenated alkanes) is 2. The highest BCUT2D eigenvalue weighted by Gasteiger charge is 2.44. The number of benzene rings is 1. The Labute approximate surface area is 135 Å². The monoisotopic (exact) mass is 298 g/mol. The molecule has 1 aliphatic heterocycles. The van der Waals surface area contributed by atoms with E-state index in [1.807, 2.05) is 0 Å². The highest BCUT2D eigenvalue weighted by molar-refractivity contribution is 5.44. The molecule has 3 atom stereocenters. The molecule has 0 spiro atoms. The molecule has 1 aromatic carbocycles. The standard InChI is InChI=1S/C21H30O/c1-5-6-7-8-16-9-10-18-19-14-21(4,22-20(18)13-16)12-11-17(19)15(2)3/h9-10,13,17,19H,2,5-8,11-12,14H2,1,3-4H3. The minimum atomic E-state index is 0.0334. The van der Waals surface area contributed by atoms with Gasteiger partial charge < -0.3 is 4.74 Å². The molecule has 0 aromatic heterocycles. The number of ether oxygens (including phenoxy) is 1. The Kier molecular flexibility index (Phi) is 4.34. The largest absolute Gasteiger partial charge is 0.487 e. The topological polar surface area (TPSA) is 9.23 Å². The predicted molar refractivity (Wildman–Crippen MR) is 93.6 cm³/mol. The van der Waals surface area contributed by atoms with Crippen molar-refractivity contribution >= 4 is 0 Å². The lowest BCUT2D eigenvalue weighted by atomic mass is 9.66. The summed E-state index contributed by atoms with van der Waals surface area (Å²) in [6.45, 7) is 11.0. The molecule has 1 heteroatoms. The number of hydrogen-bond acceptors (Lipinski definition) is 1. The first-order valence-corrected chi connectivity index (χ1v) is 8.99. The first kappa shape index (κ1) is 15.6. The number of fused-ring (bicyclic) bond motifs is 4. The van der Waals surface area contributed by atoms with Gasteiger partial charge in [-0.25, -0.2) is 0 Å². The van der Waals surface area contributed by atoms with Gasteiger partial charge in [-0.2, -0.15) is 0 Å². The van der Waals surface area contributed by atoms with Crippen LogP contribution in [0.2, 0.25) is 0 Å². The Morgan fingerprint density at radius 2 is 2.18 bits per heavy atom. The molecule has 1 fully saturated rings. The van der Waals surface area contributed by atoms with Gasteiger partial charge in [0.15, 0.2) is 0 Å². The zero-order valence-corrected chi connectivity index (χ0v) is 14.5. The highest BCUT2D eigenvalue weighted by Crippen LogP contribution is 2.53. The van der Waals surface area contributed by atoms with Crippen LogP contribution in [0.5, 0.6) is 5.75 Å². The molecule has 0 N–H and O–H groups in total. The van der Waals surface area contributed by atoms with Crippen LogP contribution < -0.4 is 4.74 Å². The van der Waals surface area contributed by atoms with Crippen LogP contribution in [-0.4, -0.2) is 5.60 Å². The lowest BCUT2D eigenvalue weighted by Crippen LogP contribution is -2.44. The van der Waals surface area contributed by atoms with Gasteiger partial charge in [0, 0.05) is 0 Å². The number of rotatable bonds is 5. The van der Waals surface area contributed by atoms with Crippen molar-refractivity contribution in [3.63, 3.8) is 0 Å². The molecule has 1 aromatic rings. The van der Waals surface area contributed by atoms with Gasteiger partial charge in [0.05, 0.1) is 0 Å². The second kappa shape index (κ2) is 6.10. The van der Waals surface area contributed by atoms with Crippen LogP contribution in [-0.2, 0) is 6.42 Å². The summed E-state index contributed by atoms with van der Waals surface area (Å²) in [4.78, 5) is 0. The van der Waals surface area contributed by atoms with Crippen molar-refractivity contribution in [3.05, 3.63) is 41.5 Å². The van der Waals surface area contributed by atoms with E-state index in [0.29, 0.717) is 11.8 Å². The molecule has 1 heterocycles. The molecule has 0 amide bonds. The molecule has 3 unspecified atom stereocenters. The Hall–Kier alpha value is -1.24. The van der Waals surface area contributed by atoms with Gasteiger partial charge in [0.25, 0.3) is 0 Å². The third-order valence-corrected chi connectivity index (χ3v) is 5.66. The summed E-state index contributed by atoms with van der Waals surface area (Å²) in [6.07, 6.45) is 8.57. The van der Waals surface area contributed by atoms with Crippen LogP contribution in [0.3, 0.4) is 0 Å². The van der Waals surface area contributed by atoms with E-state index in [1.54, 1.807) is 0 Å². The third-order valence-electron chi connectivity index (χ3n) is 5.66. The molecule has 2 aliphatic rings. The fraction of sp³-hybridized carbons (Fsp3) is 0.619. The van der Waals surface area contributed by atoms with E-state index in [2.05, 4.69) is 45.5 Å². The Balaban J connectivity index is 1.88. The molecule has 1 saturated carbocycles. The number of allylic oxidation sites excluding steroid dienone is 1. The van der Waals surface area contributed by atoms with E-state index >= 15 is 0 Å². The molecule has 2 bridgehead atoms. The van der Waals surface area contributed by atoms with Crippen molar-refractivity contribution in [2.24, 2.45) is 5.92 Å². The van der Waals surface area contributed by atoms with Crippen molar-refractivity contribution in [3.8, 4) is 5.75 Å². The lowest BCUT2D eigenvalue weighted by molar-refractivity contribution is 0.00725. The molecular weight excluding hydrogens is 268 g/mol. The van der Waals surface area contributed by atoms with E-state index in [4.69, 9.17) is 4.74 Å². The van der Waals surface area contributed by atoms with Crippen LogP contribution in [0.1, 0.15) is 76.3 Å². The van der Waals surface area contributed by atoms with Gasteiger partial charge >= 0.3 is 0 Å². The van der Waals surface area contributed by atoms with Gasteiger partial charge in [-0.1, -0.05) is 44.1 Å². The van der Waals surface area contributed by atoms with Gasteiger partial charge in [-0.3, -0.25) is 0 Å². The Bertz CT molecular complexity index is 559. The molecule has 3 rings (SSSR count). The minimum Gasteiger partial charge on any atom is -0.487 e. The Morgan fingerprint density at radius 3 is 2.91 bits per heavy atom. The molecule has 120 valence electrons. The summed E-state index contributed by atoms with van der Waals surface area (Å²) >= 11 is 0. The fourth-order valence-electron chi connectivity index (χ4n) is 4.35. The molecular formula is C21H30O.